The number of allylic oxidation sites excluding steroid dienone is 1. The molecule has 0 rings (SSSR count). The molecule has 0 aromatic carbocycles. The third kappa shape index (κ3) is 21.5. The molecule has 1 heteroatoms. The number of nitrogens with two attached hydrogens (primary N) is 1. The molecule has 144 valence electrons. The van der Waals surface area contributed by atoms with Crippen molar-refractivity contribution in [3.8, 4) is 0 Å². The number of hydrogen-bond donors (Lipinski definition) is 1. The Balaban J connectivity index is 2.95. The summed E-state index contributed by atoms with van der Waals surface area (Å²) in [5.41, 5.74) is 5.33. The van der Waals surface area contributed by atoms with Crippen LogP contribution in [0.4, 0.5) is 0 Å². The van der Waals surface area contributed by atoms with Crippen LogP contribution in [0.3, 0.4) is 0 Å². The largest absolute Gasteiger partial charge is 0.405 e. The summed E-state index contributed by atoms with van der Waals surface area (Å²) in [5.74, 6) is 0. The van der Waals surface area contributed by atoms with Gasteiger partial charge in [-0.25, -0.2) is 0 Å². The average Bonchev–Trinajstić information content (AvgIpc) is 2.60. The first-order valence-electron chi connectivity index (χ1n) is 11.3. The lowest BCUT2D eigenvalue weighted by atomic mass is 10.0. The van der Waals surface area contributed by atoms with Crippen molar-refractivity contribution in [2.24, 2.45) is 5.73 Å². The minimum Gasteiger partial charge on any atom is -0.405 e. The van der Waals surface area contributed by atoms with E-state index >= 15 is 0 Å². The molecule has 0 bridgehead atoms. The van der Waals surface area contributed by atoms with E-state index in [1.54, 1.807) is 6.20 Å². The molecule has 0 amide bonds. The molecule has 0 unspecified atom stereocenters. The Bertz CT molecular complexity index is 234. The van der Waals surface area contributed by atoms with Gasteiger partial charge >= 0.3 is 0 Å². The predicted octanol–water partition coefficient (Wildman–Crippen LogP) is 8.28. The second-order valence-electron chi connectivity index (χ2n) is 7.58. The molecule has 0 spiro atoms. The minimum absolute atomic E-state index is 1.16. The summed E-state index contributed by atoms with van der Waals surface area (Å²) in [6.07, 6.45) is 32.4. The van der Waals surface area contributed by atoms with Crippen molar-refractivity contribution in [2.45, 2.75) is 135 Å². The Morgan fingerprint density at radius 3 is 1.04 bits per heavy atom. The number of unbranched alkanes of at least 4 members (excludes halogenated alkanes) is 19. The fourth-order valence-electron chi connectivity index (χ4n) is 3.44. The zero-order valence-corrected chi connectivity index (χ0v) is 16.9. The van der Waals surface area contributed by atoms with E-state index in [1.807, 2.05) is 0 Å². The molecule has 0 radical (unpaired) electrons. The van der Waals surface area contributed by atoms with Gasteiger partial charge in [-0.05, 0) is 19.0 Å². The lowest BCUT2D eigenvalue weighted by Gasteiger charge is -2.03. The molecule has 0 atom stereocenters. The highest BCUT2D eigenvalue weighted by Crippen LogP contribution is 2.14. The lowest BCUT2D eigenvalue weighted by molar-refractivity contribution is 0.523. The van der Waals surface area contributed by atoms with Crippen LogP contribution in [0.2, 0.25) is 0 Å². The zero-order chi connectivity index (χ0) is 17.6. The van der Waals surface area contributed by atoms with Gasteiger partial charge in [-0.1, -0.05) is 129 Å². The van der Waals surface area contributed by atoms with Crippen molar-refractivity contribution >= 4 is 0 Å². The standard InChI is InChI=1S/C23H47N/c1-2-3-4-5-6-7-8-9-10-11-12-13-14-15-16-17-18-19-20-21-22-23-24/h22-23H,2-21,24H2,1H3/b23-22+. The Morgan fingerprint density at radius 1 is 0.458 bits per heavy atom. The molecular weight excluding hydrogens is 290 g/mol. The number of hydrogen-bond acceptors (Lipinski definition) is 1. The maximum atomic E-state index is 5.33. The van der Waals surface area contributed by atoms with Crippen molar-refractivity contribution in [2.75, 3.05) is 0 Å². The summed E-state index contributed by atoms with van der Waals surface area (Å²) in [5, 5.41) is 0. The van der Waals surface area contributed by atoms with Gasteiger partial charge in [0.1, 0.15) is 0 Å². The highest BCUT2D eigenvalue weighted by Gasteiger charge is 1.95. The van der Waals surface area contributed by atoms with Crippen LogP contribution in [0.5, 0.6) is 0 Å². The van der Waals surface area contributed by atoms with Crippen LogP contribution in [0.1, 0.15) is 135 Å². The van der Waals surface area contributed by atoms with Gasteiger partial charge in [0, 0.05) is 0 Å². The first-order valence-corrected chi connectivity index (χ1v) is 11.3. The molecule has 0 heterocycles. The molecule has 0 saturated heterocycles. The van der Waals surface area contributed by atoms with Crippen LogP contribution in [0, 0.1) is 0 Å². The zero-order valence-electron chi connectivity index (χ0n) is 16.9. The van der Waals surface area contributed by atoms with Gasteiger partial charge in [0.2, 0.25) is 0 Å². The highest BCUT2D eigenvalue weighted by molar-refractivity contribution is 4.74. The molecule has 0 aromatic heterocycles. The van der Waals surface area contributed by atoms with Gasteiger partial charge in [-0.15, -0.1) is 0 Å². The maximum Gasteiger partial charge on any atom is -0.0103 e. The fraction of sp³-hybridized carbons (Fsp3) is 0.913. The van der Waals surface area contributed by atoms with E-state index in [-0.39, 0.29) is 0 Å². The van der Waals surface area contributed by atoms with Gasteiger partial charge in [0.05, 0.1) is 0 Å². The molecule has 0 aliphatic carbocycles. The van der Waals surface area contributed by atoms with Gasteiger partial charge < -0.3 is 5.73 Å². The smallest absolute Gasteiger partial charge is 0.0103 e. The maximum absolute atomic E-state index is 5.33. The molecular formula is C23H47N. The average molecular weight is 338 g/mol. The van der Waals surface area contributed by atoms with Crippen LogP contribution < -0.4 is 5.73 Å². The highest BCUT2D eigenvalue weighted by atomic mass is 14.5. The SMILES string of the molecule is CCCCCCCCCCCCCCCCCCCCC/C=C/N. The fourth-order valence-corrected chi connectivity index (χ4v) is 3.44. The molecule has 1 nitrogen and oxygen atoms in total. The Labute approximate surface area is 153 Å². The molecule has 2 N–H and O–H groups in total. The second-order valence-corrected chi connectivity index (χ2v) is 7.58. The summed E-state index contributed by atoms with van der Waals surface area (Å²) in [6, 6.07) is 0. The molecule has 0 saturated carbocycles. The van der Waals surface area contributed by atoms with Crippen molar-refractivity contribution in [3.05, 3.63) is 12.3 Å². The van der Waals surface area contributed by atoms with Gasteiger partial charge in [0.15, 0.2) is 0 Å². The van der Waals surface area contributed by atoms with Gasteiger partial charge in [-0.3, -0.25) is 0 Å². The third-order valence-electron chi connectivity index (χ3n) is 5.11. The normalized spacial score (nSPS) is 11.5. The van der Waals surface area contributed by atoms with Crippen LogP contribution in [-0.4, -0.2) is 0 Å². The molecule has 24 heavy (non-hydrogen) atoms. The summed E-state index contributed by atoms with van der Waals surface area (Å²) in [4.78, 5) is 0. The first kappa shape index (κ1) is 23.5. The Kier molecular flexibility index (Phi) is 22.1. The molecule has 0 aliphatic heterocycles. The Morgan fingerprint density at radius 2 is 0.750 bits per heavy atom. The quantitative estimate of drug-likeness (QED) is 0.222. The van der Waals surface area contributed by atoms with Crippen LogP contribution in [-0.2, 0) is 0 Å². The van der Waals surface area contributed by atoms with Crippen LogP contribution in [0.15, 0.2) is 12.3 Å². The van der Waals surface area contributed by atoms with Crippen molar-refractivity contribution in [1.29, 1.82) is 0 Å². The van der Waals surface area contributed by atoms with Gasteiger partial charge in [0.25, 0.3) is 0 Å². The van der Waals surface area contributed by atoms with Crippen molar-refractivity contribution in [3.63, 3.8) is 0 Å². The summed E-state index contributed by atoms with van der Waals surface area (Å²) in [7, 11) is 0. The van der Waals surface area contributed by atoms with Crippen molar-refractivity contribution < 1.29 is 0 Å². The first-order chi connectivity index (χ1) is 11.9. The van der Waals surface area contributed by atoms with E-state index < -0.39 is 0 Å². The lowest BCUT2D eigenvalue weighted by Crippen LogP contribution is -1.84. The minimum atomic E-state index is 1.16. The molecule has 0 aliphatic rings. The second kappa shape index (κ2) is 22.5. The van der Waals surface area contributed by atoms with E-state index in [0.717, 1.165) is 6.42 Å². The van der Waals surface area contributed by atoms with E-state index in [9.17, 15) is 0 Å². The van der Waals surface area contributed by atoms with Crippen LogP contribution in [0.25, 0.3) is 0 Å². The topological polar surface area (TPSA) is 26.0 Å². The van der Waals surface area contributed by atoms with Gasteiger partial charge in [-0.2, -0.15) is 0 Å². The summed E-state index contributed by atoms with van der Waals surface area (Å²) >= 11 is 0. The summed E-state index contributed by atoms with van der Waals surface area (Å²) < 4.78 is 0. The predicted molar refractivity (Wildman–Crippen MR) is 111 cm³/mol. The van der Waals surface area contributed by atoms with Crippen molar-refractivity contribution in [1.82, 2.24) is 0 Å². The van der Waals surface area contributed by atoms with Crippen LogP contribution >= 0.6 is 0 Å². The third-order valence-corrected chi connectivity index (χ3v) is 5.11. The molecule has 0 fully saturated rings. The molecule has 0 aromatic rings. The van der Waals surface area contributed by atoms with E-state index in [2.05, 4.69) is 13.0 Å². The summed E-state index contributed by atoms with van der Waals surface area (Å²) in [6.45, 7) is 2.30. The van der Waals surface area contributed by atoms with E-state index in [4.69, 9.17) is 5.73 Å². The van der Waals surface area contributed by atoms with E-state index in [1.165, 1.54) is 122 Å². The monoisotopic (exact) mass is 337 g/mol. The van der Waals surface area contributed by atoms with E-state index in [0.29, 0.717) is 0 Å². The Hall–Kier alpha value is -0.460. The number of rotatable bonds is 20.